The van der Waals surface area contributed by atoms with Gasteiger partial charge in [-0.25, -0.2) is 0 Å². The molecule has 0 atom stereocenters. The molecule has 0 spiro atoms. The van der Waals surface area contributed by atoms with Crippen molar-refractivity contribution in [3.05, 3.63) is 24.2 Å². The zero-order chi connectivity index (χ0) is 8.23. The first-order valence-corrected chi connectivity index (χ1v) is 4.68. The maximum atomic E-state index is 5.22. The summed E-state index contributed by atoms with van der Waals surface area (Å²) >= 11 is 0. The van der Waals surface area contributed by atoms with Crippen molar-refractivity contribution in [1.29, 1.82) is 0 Å². The molecule has 0 saturated heterocycles. The van der Waals surface area contributed by atoms with Gasteiger partial charge in [-0.3, -0.25) is 0 Å². The molecule has 1 aliphatic carbocycles. The van der Waals surface area contributed by atoms with E-state index in [-0.39, 0.29) is 0 Å². The first kappa shape index (κ1) is 7.87. The quantitative estimate of drug-likeness (QED) is 0.673. The maximum absolute atomic E-state index is 5.22. The van der Waals surface area contributed by atoms with Crippen LogP contribution in [-0.4, -0.2) is 13.1 Å². The fourth-order valence-electron chi connectivity index (χ4n) is 1.29. The summed E-state index contributed by atoms with van der Waals surface area (Å²) < 4.78 is 5.22. The standard InChI is InChI=1S/C10H15NO/c1-2-10(12-7-1)5-6-11-8-9-3-4-9/h1-2,7,9,11H,3-6,8H2. The third-order valence-electron chi connectivity index (χ3n) is 2.26. The van der Waals surface area contributed by atoms with E-state index in [2.05, 4.69) is 5.32 Å². The second-order valence-corrected chi connectivity index (χ2v) is 3.48. The Morgan fingerprint density at radius 1 is 1.50 bits per heavy atom. The molecular formula is C10H15NO. The van der Waals surface area contributed by atoms with Crippen LogP contribution >= 0.6 is 0 Å². The van der Waals surface area contributed by atoms with Crippen molar-refractivity contribution >= 4 is 0 Å². The predicted octanol–water partition coefficient (Wildman–Crippen LogP) is 1.82. The van der Waals surface area contributed by atoms with Crippen LogP contribution in [-0.2, 0) is 6.42 Å². The minimum atomic E-state index is 0.974. The number of hydrogen-bond acceptors (Lipinski definition) is 2. The van der Waals surface area contributed by atoms with Gasteiger partial charge in [-0.05, 0) is 37.4 Å². The van der Waals surface area contributed by atoms with Gasteiger partial charge in [0, 0.05) is 13.0 Å². The molecule has 1 aromatic rings. The van der Waals surface area contributed by atoms with Crippen LogP contribution in [0.25, 0.3) is 0 Å². The topological polar surface area (TPSA) is 25.2 Å². The van der Waals surface area contributed by atoms with Crippen molar-refractivity contribution in [1.82, 2.24) is 5.32 Å². The molecule has 2 rings (SSSR count). The molecule has 2 heteroatoms. The minimum Gasteiger partial charge on any atom is -0.469 e. The third-order valence-corrected chi connectivity index (χ3v) is 2.26. The molecule has 1 N–H and O–H groups in total. The zero-order valence-corrected chi connectivity index (χ0v) is 7.25. The van der Waals surface area contributed by atoms with Gasteiger partial charge in [-0.1, -0.05) is 0 Å². The second kappa shape index (κ2) is 3.76. The normalized spacial score (nSPS) is 16.7. The van der Waals surface area contributed by atoms with Gasteiger partial charge in [0.1, 0.15) is 5.76 Å². The molecule has 0 aromatic carbocycles. The molecule has 0 amide bonds. The molecule has 12 heavy (non-hydrogen) atoms. The Labute approximate surface area is 73.0 Å². The van der Waals surface area contributed by atoms with Crippen molar-refractivity contribution in [2.75, 3.05) is 13.1 Å². The average Bonchev–Trinajstić information content (AvgIpc) is 2.76. The van der Waals surface area contributed by atoms with Crippen molar-refractivity contribution in [3.63, 3.8) is 0 Å². The summed E-state index contributed by atoms with van der Waals surface area (Å²) in [5.74, 6) is 2.06. The van der Waals surface area contributed by atoms with Crippen LogP contribution in [0.2, 0.25) is 0 Å². The van der Waals surface area contributed by atoms with Crippen LogP contribution in [0.15, 0.2) is 22.8 Å². The molecular weight excluding hydrogens is 150 g/mol. The fourth-order valence-corrected chi connectivity index (χ4v) is 1.29. The summed E-state index contributed by atoms with van der Waals surface area (Å²) in [7, 11) is 0. The molecule has 1 saturated carbocycles. The van der Waals surface area contributed by atoms with E-state index < -0.39 is 0 Å². The fraction of sp³-hybridized carbons (Fsp3) is 0.600. The van der Waals surface area contributed by atoms with Crippen molar-refractivity contribution in [2.24, 2.45) is 5.92 Å². The highest BCUT2D eigenvalue weighted by Crippen LogP contribution is 2.27. The van der Waals surface area contributed by atoms with Crippen LogP contribution in [0.4, 0.5) is 0 Å². The van der Waals surface area contributed by atoms with Gasteiger partial charge in [0.25, 0.3) is 0 Å². The van der Waals surface area contributed by atoms with Crippen LogP contribution in [0.1, 0.15) is 18.6 Å². The Hall–Kier alpha value is -0.760. The summed E-state index contributed by atoms with van der Waals surface area (Å²) in [5, 5.41) is 3.43. The van der Waals surface area contributed by atoms with Gasteiger partial charge in [0.2, 0.25) is 0 Å². The first-order valence-electron chi connectivity index (χ1n) is 4.68. The van der Waals surface area contributed by atoms with Gasteiger partial charge in [0.15, 0.2) is 0 Å². The van der Waals surface area contributed by atoms with E-state index in [4.69, 9.17) is 4.42 Å². The Balaban J connectivity index is 1.56. The van der Waals surface area contributed by atoms with Gasteiger partial charge < -0.3 is 9.73 Å². The monoisotopic (exact) mass is 165 g/mol. The number of nitrogens with one attached hydrogen (secondary N) is 1. The Morgan fingerprint density at radius 2 is 2.42 bits per heavy atom. The van der Waals surface area contributed by atoms with E-state index in [0.29, 0.717) is 0 Å². The summed E-state index contributed by atoms with van der Waals surface area (Å²) in [4.78, 5) is 0. The molecule has 1 heterocycles. The Kier molecular flexibility index (Phi) is 2.47. The van der Waals surface area contributed by atoms with Crippen molar-refractivity contribution < 1.29 is 4.42 Å². The SMILES string of the molecule is c1coc(CCNCC2CC2)c1. The highest BCUT2D eigenvalue weighted by atomic mass is 16.3. The van der Waals surface area contributed by atoms with E-state index in [1.165, 1.54) is 19.4 Å². The molecule has 0 aliphatic heterocycles. The molecule has 1 fully saturated rings. The van der Waals surface area contributed by atoms with Crippen LogP contribution < -0.4 is 5.32 Å². The van der Waals surface area contributed by atoms with Gasteiger partial charge in [0.05, 0.1) is 6.26 Å². The molecule has 2 nitrogen and oxygen atoms in total. The summed E-state index contributed by atoms with van der Waals surface area (Å²) in [6.45, 7) is 2.24. The molecule has 0 bridgehead atoms. The maximum Gasteiger partial charge on any atom is 0.105 e. The summed E-state index contributed by atoms with van der Waals surface area (Å²) in [6.07, 6.45) is 5.59. The van der Waals surface area contributed by atoms with E-state index in [1.54, 1.807) is 6.26 Å². The smallest absolute Gasteiger partial charge is 0.105 e. The van der Waals surface area contributed by atoms with E-state index in [9.17, 15) is 0 Å². The van der Waals surface area contributed by atoms with Gasteiger partial charge in [-0.2, -0.15) is 0 Å². The lowest BCUT2D eigenvalue weighted by Crippen LogP contribution is -2.19. The first-order chi connectivity index (χ1) is 5.95. The van der Waals surface area contributed by atoms with Crippen molar-refractivity contribution in [2.45, 2.75) is 19.3 Å². The predicted molar refractivity (Wildman–Crippen MR) is 48.0 cm³/mol. The lowest BCUT2D eigenvalue weighted by Gasteiger charge is -2.00. The van der Waals surface area contributed by atoms with E-state index in [1.807, 2.05) is 12.1 Å². The lowest BCUT2D eigenvalue weighted by atomic mass is 10.3. The second-order valence-electron chi connectivity index (χ2n) is 3.48. The largest absolute Gasteiger partial charge is 0.469 e. The number of rotatable bonds is 5. The lowest BCUT2D eigenvalue weighted by molar-refractivity contribution is 0.496. The summed E-state index contributed by atoms with van der Waals surface area (Å²) in [6, 6.07) is 3.97. The highest BCUT2D eigenvalue weighted by molar-refractivity contribution is 4.98. The van der Waals surface area contributed by atoms with Gasteiger partial charge in [-0.15, -0.1) is 0 Å². The van der Waals surface area contributed by atoms with Crippen LogP contribution in [0.3, 0.4) is 0 Å². The molecule has 1 aromatic heterocycles. The third kappa shape index (κ3) is 2.38. The van der Waals surface area contributed by atoms with Crippen LogP contribution in [0, 0.1) is 5.92 Å². The molecule has 0 radical (unpaired) electrons. The number of furan rings is 1. The zero-order valence-electron chi connectivity index (χ0n) is 7.25. The van der Waals surface area contributed by atoms with E-state index in [0.717, 1.165) is 24.6 Å². The highest BCUT2D eigenvalue weighted by Gasteiger charge is 2.19. The Morgan fingerprint density at radius 3 is 3.08 bits per heavy atom. The van der Waals surface area contributed by atoms with Gasteiger partial charge >= 0.3 is 0 Å². The minimum absolute atomic E-state index is 0.974. The van der Waals surface area contributed by atoms with Crippen molar-refractivity contribution in [3.8, 4) is 0 Å². The molecule has 0 unspecified atom stereocenters. The van der Waals surface area contributed by atoms with Crippen LogP contribution in [0.5, 0.6) is 0 Å². The average molecular weight is 165 g/mol. The van der Waals surface area contributed by atoms with E-state index >= 15 is 0 Å². The Bertz CT molecular complexity index is 214. The molecule has 66 valence electrons. The number of hydrogen-bond donors (Lipinski definition) is 1. The molecule has 1 aliphatic rings. The summed E-state index contributed by atoms with van der Waals surface area (Å²) in [5.41, 5.74) is 0.